The van der Waals surface area contributed by atoms with Crippen molar-refractivity contribution in [3.63, 3.8) is 0 Å². The van der Waals surface area contributed by atoms with Gasteiger partial charge in [-0.25, -0.2) is 0 Å². The maximum Gasteiger partial charge on any atom is 0.282 e. The van der Waals surface area contributed by atoms with Gasteiger partial charge in [0.15, 0.2) is 0 Å². The fourth-order valence-corrected chi connectivity index (χ4v) is 2.40. The summed E-state index contributed by atoms with van der Waals surface area (Å²) in [5.74, 6) is 0.318. The average molecular weight is 275 g/mol. The van der Waals surface area contributed by atoms with Crippen LogP contribution in [0.4, 0.5) is 11.4 Å². The first-order valence-electron chi connectivity index (χ1n) is 6.91. The first kappa shape index (κ1) is 12.9. The molecule has 1 aromatic carbocycles. The Morgan fingerprint density at radius 2 is 2.05 bits per heavy atom. The van der Waals surface area contributed by atoms with Crippen LogP contribution >= 0.6 is 0 Å². The van der Waals surface area contributed by atoms with E-state index in [9.17, 15) is 14.9 Å². The third kappa shape index (κ3) is 2.59. The number of carbonyl (C=O) groups excluding carboxylic acids is 1. The molecule has 0 aliphatic heterocycles. The van der Waals surface area contributed by atoms with Crippen molar-refractivity contribution in [2.45, 2.75) is 31.7 Å². The van der Waals surface area contributed by atoms with Crippen LogP contribution in [-0.4, -0.2) is 28.3 Å². The Morgan fingerprint density at radius 1 is 1.35 bits per heavy atom. The molecule has 1 amide bonds. The molecule has 20 heavy (non-hydrogen) atoms. The van der Waals surface area contributed by atoms with Crippen molar-refractivity contribution in [1.82, 2.24) is 4.90 Å². The second kappa shape index (κ2) is 4.77. The zero-order valence-corrected chi connectivity index (χ0v) is 11.1. The molecule has 2 N–H and O–H groups in total. The average Bonchev–Trinajstić information content (AvgIpc) is 3.26. The SMILES string of the molecule is Nc1ccc([N+](=O)[O-])c(C(=O)N(CC2CC2)C2CC2)c1. The monoisotopic (exact) mass is 275 g/mol. The molecular weight excluding hydrogens is 258 g/mol. The lowest BCUT2D eigenvalue weighted by Crippen LogP contribution is -2.35. The number of nitrogens with two attached hydrogens (primary N) is 1. The minimum Gasteiger partial charge on any atom is -0.399 e. The predicted octanol–water partition coefficient (Wildman–Crippen LogP) is 2.19. The molecular formula is C14H17N3O3. The van der Waals surface area contributed by atoms with Crippen molar-refractivity contribution < 1.29 is 9.72 Å². The van der Waals surface area contributed by atoms with Gasteiger partial charge < -0.3 is 10.6 Å². The van der Waals surface area contributed by atoms with Crippen molar-refractivity contribution in [2.75, 3.05) is 12.3 Å². The number of nitrogen functional groups attached to an aromatic ring is 1. The van der Waals surface area contributed by atoms with Gasteiger partial charge in [-0.3, -0.25) is 14.9 Å². The van der Waals surface area contributed by atoms with Crippen LogP contribution in [0.2, 0.25) is 0 Å². The molecule has 6 heteroatoms. The van der Waals surface area contributed by atoms with Crippen LogP contribution in [0, 0.1) is 16.0 Å². The van der Waals surface area contributed by atoms with Gasteiger partial charge in [-0.2, -0.15) is 0 Å². The van der Waals surface area contributed by atoms with E-state index in [2.05, 4.69) is 0 Å². The molecule has 106 valence electrons. The minimum atomic E-state index is -0.519. The van der Waals surface area contributed by atoms with Crippen molar-refractivity contribution in [3.8, 4) is 0 Å². The molecule has 2 fully saturated rings. The number of nitro benzene ring substituents is 1. The summed E-state index contributed by atoms with van der Waals surface area (Å²) in [4.78, 5) is 25.0. The van der Waals surface area contributed by atoms with E-state index in [1.807, 2.05) is 0 Å². The third-order valence-corrected chi connectivity index (χ3v) is 3.85. The summed E-state index contributed by atoms with van der Waals surface area (Å²) in [5.41, 5.74) is 6.01. The number of rotatable bonds is 5. The quantitative estimate of drug-likeness (QED) is 0.506. The zero-order valence-electron chi connectivity index (χ0n) is 11.1. The van der Waals surface area contributed by atoms with Crippen LogP contribution in [0.1, 0.15) is 36.0 Å². The molecule has 2 aliphatic rings. The van der Waals surface area contributed by atoms with Gasteiger partial charge in [-0.05, 0) is 43.7 Å². The second-order valence-electron chi connectivity index (χ2n) is 5.67. The molecule has 0 heterocycles. The number of nitro groups is 1. The topological polar surface area (TPSA) is 89.5 Å². The molecule has 6 nitrogen and oxygen atoms in total. The highest BCUT2D eigenvalue weighted by Gasteiger charge is 2.38. The Bertz CT molecular complexity index is 565. The minimum absolute atomic E-state index is 0.113. The number of nitrogens with zero attached hydrogens (tertiary/aromatic N) is 2. The standard InChI is InChI=1S/C14H17N3O3/c15-10-3-6-13(17(19)20)12(7-10)14(18)16(11-4-5-11)8-9-1-2-9/h3,6-7,9,11H,1-2,4-5,8,15H2. The summed E-state index contributed by atoms with van der Waals surface area (Å²) in [6, 6.07) is 4.44. The molecule has 0 saturated heterocycles. The molecule has 3 rings (SSSR count). The lowest BCUT2D eigenvalue weighted by Gasteiger charge is -2.22. The van der Waals surface area contributed by atoms with Crippen LogP contribution in [0.15, 0.2) is 18.2 Å². The normalized spacial score (nSPS) is 17.8. The van der Waals surface area contributed by atoms with Gasteiger partial charge in [0, 0.05) is 24.3 Å². The molecule has 0 bridgehead atoms. The van der Waals surface area contributed by atoms with E-state index in [0.29, 0.717) is 11.6 Å². The number of carbonyl (C=O) groups is 1. The summed E-state index contributed by atoms with van der Waals surface area (Å²) in [6.45, 7) is 0.718. The van der Waals surface area contributed by atoms with Crippen molar-refractivity contribution in [2.24, 2.45) is 5.92 Å². The fraction of sp³-hybridized carbons (Fsp3) is 0.500. The molecule has 2 aliphatic carbocycles. The number of amides is 1. The largest absolute Gasteiger partial charge is 0.399 e. The summed E-state index contributed by atoms with van der Waals surface area (Å²) in [7, 11) is 0. The smallest absolute Gasteiger partial charge is 0.282 e. The Morgan fingerprint density at radius 3 is 2.60 bits per heavy atom. The third-order valence-electron chi connectivity index (χ3n) is 3.85. The van der Waals surface area contributed by atoms with Crippen molar-refractivity contribution >= 4 is 17.3 Å². The first-order chi connectivity index (χ1) is 9.56. The summed E-state index contributed by atoms with van der Waals surface area (Å²) in [5, 5.41) is 11.1. The van der Waals surface area contributed by atoms with E-state index in [1.54, 1.807) is 4.90 Å². The predicted molar refractivity (Wildman–Crippen MR) is 74.3 cm³/mol. The first-order valence-corrected chi connectivity index (χ1v) is 6.91. The Hall–Kier alpha value is -2.11. The lowest BCUT2D eigenvalue weighted by molar-refractivity contribution is -0.385. The van der Waals surface area contributed by atoms with E-state index >= 15 is 0 Å². The van der Waals surface area contributed by atoms with Gasteiger partial charge in [-0.15, -0.1) is 0 Å². The molecule has 0 atom stereocenters. The van der Waals surface area contributed by atoms with Crippen LogP contribution in [0.3, 0.4) is 0 Å². The maximum atomic E-state index is 12.6. The number of hydrogen-bond acceptors (Lipinski definition) is 4. The van der Waals surface area contributed by atoms with E-state index in [1.165, 1.54) is 18.2 Å². The summed E-state index contributed by atoms with van der Waals surface area (Å²) >= 11 is 0. The van der Waals surface area contributed by atoms with E-state index in [4.69, 9.17) is 5.73 Å². The lowest BCUT2D eigenvalue weighted by atomic mass is 10.1. The van der Waals surface area contributed by atoms with Crippen LogP contribution in [0.5, 0.6) is 0 Å². The molecule has 0 aromatic heterocycles. The Kier molecular flexibility index (Phi) is 3.08. The fourth-order valence-electron chi connectivity index (χ4n) is 2.40. The Labute approximate surface area is 116 Å². The molecule has 0 radical (unpaired) electrons. The summed E-state index contributed by atoms with van der Waals surface area (Å²) < 4.78 is 0. The van der Waals surface area contributed by atoms with Gasteiger partial charge >= 0.3 is 0 Å². The molecule has 1 aromatic rings. The van der Waals surface area contributed by atoms with Gasteiger partial charge in [0.05, 0.1) is 4.92 Å². The molecule has 2 saturated carbocycles. The number of benzene rings is 1. The molecule has 0 spiro atoms. The van der Waals surface area contributed by atoms with Crippen LogP contribution in [-0.2, 0) is 0 Å². The number of anilines is 1. The summed E-state index contributed by atoms with van der Waals surface area (Å²) in [6.07, 6.45) is 4.29. The maximum absolute atomic E-state index is 12.6. The van der Waals surface area contributed by atoms with Gasteiger partial charge in [0.25, 0.3) is 11.6 Å². The Balaban J connectivity index is 1.90. The van der Waals surface area contributed by atoms with Crippen LogP contribution < -0.4 is 5.73 Å². The van der Waals surface area contributed by atoms with E-state index in [-0.39, 0.29) is 23.2 Å². The number of hydrogen-bond donors (Lipinski definition) is 1. The molecule has 0 unspecified atom stereocenters. The van der Waals surface area contributed by atoms with Gasteiger partial charge in [0.1, 0.15) is 5.56 Å². The highest BCUT2D eigenvalue weighted by molar-refractivity contribution is 5.99. The van der Waals surface area contributed by atoms with E-state index in [0.717, 1.165) is 32.2 Å². The van der Waals surface area contributed by atoms with E-state index < -0.39 is 4.92 Å². The highest BCUT2D eigenvalue weighted by atomic mass is 16.6. The van der Waals surface area contributed by atoms with Gasteiger partial charge in [-0.1, -0.05) is 0 Å². The van der Waals surface area contributed by atoms with Crippen molar-refractivity contribution in [1.29, 1.82) is 0 Å². The highest BCUT2D eigenvalue weighted by Crippen LogP contribution is 2.36. The zero-order chi connectivity index (χ0) is 14.3. The second-order valence-corrected chi connectivity index (χ2v) is 5.67. The van der Waals surface area contributed by atoms with Crippen molar-refractivity contribution in [3.05, 3.63) is 33.9 Å². The van der Waals surface area contributed by atoms with Crippen LogP contribution in [0.25, 0.3) is 0 Å². The van der Waals surface area contributed by atoms with Gasteiger partial charge in [0.2, 0.25) is 0 Å².